The van der Waals surface area contributed by atoms with Crippen LogP contribution in [0.5, 0.6) is 0 Å². The van der Waals surface area contributed by atoms with Crippen LogP contribution in [0.4, 0.5) is 0 Å². The third-order valence-electron chi connectivity index (χ3n) is 3.92. The van der Waals surface area contributed by atoms with Gasteiger partial charge in [0.25, 0.3) is 5.91 Å². The predicted octanol–water partition coefficient (Wildman–Crippen LogP) is 2.53. The first kappa shape index (κ1) is 13.0. The lowest BCUT2D eigenvalue weighted by atomic mass is 10.1. The Labute approximate surface area is 128 Å². The summed E-state index contributed by atoms with van der Waals surface area (Å²) >= 11 is 0. The van der Waals surface area contributed by atoms with Crippen molar-refractivity contribution in [3.05, 3.63) is 48.2 Å². The van der Waals surface area contributed by atoms with E-state index in [1.165, 1.54) is 0 Å². The summed E-state index contributed by atoms with van der Waals surface area (Å²) in [5.74, 6) is 0.802. The molecule has 0 atom stereocenters. The molecule has 5 nitrogen and oxygen atoms in total. The number of nitrogens with zero attached hydrogens (tertiary/aromatic N) is 3. The number of hydrogen-bond donors (Lipinski definition) is 1. The molecule has 110 valence electrons. The van der Waals surface area contributed by atoms with Crippen LogP contribution < -0.4 is 5.32 Å². The van der Waals surface area contributed by atoms with Crippen molar-refractivity contribution in [2.75, 3.05) is 0 Å². The molecule has 2 aromatic heterocycles. The van der Waals surface area contributed by atoms with E-state index in [1.54, 1.807) is 6.20 Å². The van der Waals surface area contributed by atoms with Crippen molar-refractivity contribution < 1.29 is 4.79 Å². The molecule has 1 aliphatic rings. The van der Waals surface area contributed by atoms with Gasteiger partial charge in [0.2, 0.25) is 0 Å². The second kappa shape index (κ2) is 4.94. The molecule has 22 heavy (non-hydrogen) atoms. The monoisotopic (exact) mass is 292 g/mol. The van der Waals surface area contributed by atoms with Crippen LogP contribution >= 0.6 is 0 Å². The first-order valence-electron chi connectivity index (χ1n) is 7.41. The van der Waals surface area contributed by atoms with Gasteiger partial charge in [0, 0.05) is 30.4 Å². The van der Waals surface area contributed by atoms with E-state index in [0.717, 1.165) is 35.4 Å². The second-order valence-electron chi connectivity index (χ2n) is 5.67. The maximum absolute atomic E-state index is 12.2. The SMILES string of the molecule is Cn1c(-c2cccc(C(=O)NC3CC3)c2)nc2cccnc21. The van der Waals surface area contributed by atoms with Gasteiger partial charge < -0.3 is 9.88 Å². The van der Waals surface area contributed by atoms with Gasteiger partial charge in [-0.15, -0.1) is 0 Å². The Morgan fingerprint density at radius 3 is 2.91 bits per heavy atom. The molecule has 2 heterocycles. The van der Waals surface area contributed by atoms with Crippen molar-refractivity contribution in [2.45, 2.75) is 18.9 Å². The van der Waals surface area contributed by atoms with E-state index in [9.17, 15) is 4.79 Å². The number of aromatic nitrogens is 3. The standard InChI is InChI=1S/C17H16N4O/c1-21-15(20-14-6-3-9-18-16(14)21)11-4-2-5-12(10-11)17(22)19-13-7-8-13/h2-6,9-10,13H,7-8H2,1H3,(H,19,22). The number of rotatable bonds is 3. The Morgan fingerprint density at radius 1 is 1.27 bits per heavy atom. The summed E-state index contributed by atoms with van der Waals surface area (Å²) in [5, 5.41) is 3.01. The minimum Gasteiger partial charge on any atom is -0.349 e. The third kappa shape index (κ3) is 2.24. The Hall–Kier alpha value is -2.69. The average Bonchev–Trinajstić information content (AvgIpc) is 3.30. The molecule has 1 N–H and O–H groups in total. The van der Waals surface area contributed by atoms with Gasteiger partial charge in [0.1, 0.15) is 11.3 Å². The van der Waals surface area contributed by atoms with Gasteiger partial charge in [-0.25, -0.2) is 9.97 Å². The number of aryl methyl sites for hydroxylation is 1. The van der Waals surface area contributed by atoms with Crippen molar-refractivity contribution in [3.63, 3.8) is 0 Å². The van der Waals surface area contributed by atoms with E-state index in [1.807, 2.05) is 48.0 Å². The fraction of sp³-hybridized carbons (Fsp3) is 0.235. The first-order chi connectivity index (χ1) is 10.7. The first-order valence-corrected chi connectivity index (χ1v) is 7.41. The summed E-state index contributed by atoms with van der Waals surface area (Å²) in [5.41, 5.74) is 3.28. The molecule has 4 rings (SSSR count). The van der Waals surface area contributed by atoms with Crippen LogP contribution in [0, 0.1) is 0 Å². The van der Waals surface area contributed by atoms with Crippen molar-refractivity contribution in [1.29, 1.82) is 0 Å². The van der Waals surface area contributed by atoms with Gasteiger partial charge in [-0.3, -0.25) is 4.79 Å². The summed E-state index contributed by atoms with van der Waals surface area (Å²) in [6, 6.07) is 11.8. The quantitative estimate of drug-likeness (QED) is 0.807. The van der Waals surface area contributed by atoms with E-state index >= 15 is 0 Å². The number of carbonyl (C=O) groups excluding carboxylic acids is 1. The molecule has 1 saturated carbocycles. The molecule has 0 radical (unpaired) electrons. The number of pyridine rings is 1. The van der Waals surface area contributed by atoms with E-state index in [-0.39, 0.29) is 5.91 Å². The smallest absolute Gasteiger partial charge is 0.251 e. The fourth-order valence-electron chi connectivity index (χ4n) is 2.58. The average molecular weight is 292 g/mol. The van der Waals surface area contributed by atoms with Gasteiger partial charge in [-0.2, -0.15) is 0 Å². The lowest BCUT2D eigenvalue weighted by Crippen LogP contribution is -2.25. The number of carbonyl (C=O) groups is 1. The molecule has 1 amide bonds. The lowest BCUT2D eigenvalue weighted by Gasteiger charge is -2.06. The summed E-state index contributed by atoms with van der Waals surface area (Å²) < 4.78 is 1.95. The predicted molar refractivity (Wildman–Crippen MR) is 84.4 cm³/mol. The van der Waals surface area contributed by atoms with Gasteiger partial charge in [-0.05, 0) is 37.1 Å². The van der Waals surface area contributed by atoms with Crippen molar-refractivity contribution in [3.8, 4) is 11.4 Å². The third-order valence-corrected chi connectivity index (χ3v) is 3.92. The van der Waals surface area contributed by atoms with E-state index in [4.69, 9.17) is 0 Å². The Balaban J connectivity index is 1.74. The highest BCUT2D eigenvalue weighted by Gasteiger charge is 2.24. The summed E-state index contributed by atoms with van der Waals surface area (Å²) in [6.07, 6.45) is 3.93. The lowest BCUT2D eigenvalue weighted by molar-refractivity contribution is 0.0951. The van der Waals surface area contributed by atoms with E-state index in [2.05, 4.69) is 15.3 Å². The molecule has 1 fully saturated rings. The molecular weight excluding hydrogens is 276 g/mol. The van der Waals surface area contributed by atoms with Crippen molar-refractivity contribution in [2.24, 2.45) is 7.05 Å². The number of hydrogen-bond acceptors (Lipinski definition) is 3. The zero-order valence-corrected chi connectivity index (χ0v) is 12.3. The van der Waals surface area contributed by atoms with Crippen LogP contribution in [-0.2, 0) is 7.05 Å². The largest absolute Gasteiger partial charge is 0.349 e. The van der Waals surface area contributed by atoms with Crippen LogP contribution in [0.3, 0.4) is 0 Å². The normalized spacial score (nSPS) is 14.2. The summed E-state index contributed by atoms with van der Waals surface area (Å²) in [6.45, 7) is 0. The van der Waals surface area contributed by atoms with Crippen LogP contribution in [0.2, 0.25) is 0 Å². The number of imidazole rings is 1. The van der Waals surface area contributed by atoms with Gasteiger partial charge in [0.05, 0.1) is 0 Å². The van der Waals surface area contributed by atoms with Crippen LogP contribution in [0.1, 0.15) is 23.2 Å². The topological polar surface area (TPSA) is 59.8 Å². The molecule has 0 spiro atoms. The molecule has 0 bridgehead atoms. The molecule has 1 aliphatic carbocycles. The minimum absolute atomic E-state index is 0.0127. The van der Waals surface area contributed by atoms with Crippen LogP contribution in [-0.4, -0.2) is 26.5 Å². The Morgan fingerprint density at radius 2 is 2.14 bits per heavy atom. The van der Waals surface area contributed by atoms with Crippen molar-refractivity contribution in [1.82, 2.24) is 19.9 Å². The maximum Gasteiger partial charge on any atom is 0.251 e. The van der Waals surface area contributed by atoms with Gasteiger partial charge in [0.15, 0.2) is 5.65 Å². The molecule has 1 aromatic carbocycles. The molecular formula is C17H16N4O. The number of fused-ring (bicyclic) bond motifs is 1. The fourth-order valence-corrected chi connectivity index (χ4v) is 2.58. The maximum atomic E-state index is 12.2. The van der Waals surface area contributed by atoms with Crippen LogP contribution in [0.25, 0.3) is 22.6 Å². The van der Waals surface area contributed by atoms with Gasteiger partial charge >= 0.3 is 0 Å². The van der Waals surface area contributed by atoms with E-state index in [0.29, 0.717) is 11.6 Å². The zero-order valence-electron chi connectivity index (χ0n) is 12.3. The molecule has 0 saturated heterocycles. The Kier molecular flexibility index (Phi) is 2.92. The zero-order chi connectivity index (χ0) is 15.1. The number of benzene rings is 1. The molecule has 0 unspecified atom stereocenters. The van der Waals surface area contributed by atoms with Crippen LogP contribution in [0.15, 0.2) is 42.6 Å². The molecule has 0 aliphatic heterocycles. The minimum atomic E-state index is -0.0127. The van der Waals surface area contributed by atoms with E-state index < -0.39 is 0 Å². The highest BCUT2D eigenvalue weighted by atomic mass is 16.1. The Bertz CT molecular complexity index is 864. The van der Waals surface area contributed by atoms with Gasteiger partial charge in [-0.1, -0.05) is 12.1 Å². The number of nitrogens with one attached hydrogen (secondary N) is 1. The van der Waals surface area contributed by atoms with Crippen molar-refractivity contribution >= 4 is 17.1 Å². The summed E-state index contributed by atoms with van der Waals surface area (Å²) in [4.78, 5) is 21.2. The summed E-state index contributed by atoms with van der Waals surface area (Å²) in [7, 11) is 1.94. The molecule has 5 heteroatoms. The highest BCUT2D eigenvalue weighted by Crippen LogP contribution is 2.24. The second-order valence-corrected chi connectivity index (χ2v) is 5.67. The number of amides is 1. The molecule has 3 aromatic rings. The highest BCUT2D eigenvalue weighted by molar-refractivity contribution is 5.95.